The van der Waals surface area contributed by atoms with Crippen molar-refractivity contribution in [1.29, 1.82) is 0 Å². The predicted octanol–water partition coefficient (Wildman–Crippen LogP) is 3.12. The van der Waals surface area contributed by atoms with Gasteiger partial charge < -0.3 is 15.0 Å². The molecule has 0 saturated heterocycles. The van der Waals surface area contributed by atoms with Crippen LogP contribution in [0.1, 0.15) is 48.0 Å². The van der Waals surface area contributed by atoms with Crippen LogP contribution < -0.4 is 5.73 Å². The number of rotatable bonds is 5. The minimum atomic E-state index is -0.491. The van der Waals surface area contributed by atoms with Crippen LogP contribution in [0.2, 0.25) is 0 Å². The van der Waals surface area contributed by atoms with Crippen molar-refractivity contribution in [2.24, 2.45) is 5.92 Å². The second kappa shape index (κ2) is 6.30. The van der Waals surface area contributed by atoms with Gasteiger partial charge in [0.2, 0.25) is 0 Å². The summed E-state index contributed by atoms with van der Waals surface area (Å²) in [7, 11) is 1.34. The number of carbonyl (C=O) groups is 1. The molecule has 0 amide bonds. The van der Waals surface area contributed by atoms with Crippen molar-refractivity contribution in [3.63, 3.8) is 0 Å². The van der Waals surface area contributed by atoms with Gasteiger partial charge in [0, 0.05) is 11.3 Å². The number of ether oxygens (including phenoxy) is 1. The van der Waals surface area contributed by atoms with Crippen molar-refractivity contribution in [2.75, 3.05) is 12.8 Å². The minimum Gasteiger partial charge on any atom is -0.464 e. The van der Waals surface area contributed by atoms with Crippen LogP contribution in [0.15, 0.2) is 17.5 Å². The van der Waals surface area contributed by atoms with E-state index in [1.165, 1.54) is 12.0 Å². The first kappa shape index (κ1) is 15.6. The Morgan fingerprint density at radius 3 is 2.71 bits per heavy atom. The molecule has 0 radical (unpaired) electrons. The Balaban J connectivity index is 2.60. The second-order valence-electron chi connectivity index (χ2n) is 5.18. The fourth-order valence-corrected chi connectivity index (χ4v) is 3.50. The van der Waals surface area contributed by atoms with Gasteiger partial charge in [-0.2, -0.15) is 0 Å². The monoisotopic (exact) mass is 307 g/mol. The molecule has 2 aromatic rings. The number of thiophene rings is 1. The lowest BCUT2D eigenvalue weighted by Crippen LogP contribution is -2.20. The number of nitrogen functional groups attached to an aromatic ring is 1. The molecule has 1 unspecified atom stereocenters. The van der Waals surface area contributed by atoms with Gasteiger partial charge in [0.25, 0.3) is 0 Å². The number of methoxy groups -OCH3 is 1. The van der Waals surface area contributed by atoms with Crippen LogP contribution in [-0.4, -0.2) is 22.6 Å². The van der Waals surface area contributed by atoms with Crippen molar-refractivity contribution in [3.05, 3.63) is 33.9 Å². The predicted molar refractivity (Wildman–Crippen MR) is 84.7 cm³/mol. The quantitative estimate of drug-likeness (QED) is 0.862. The number of hydrogen-bond donors (Lipinski definition) is 1. The molecule has 0 bridgehead atoms. The SMILES string of the molecule is CCc1nc(C(=O)OC)c(N)n1C(c1cccs1)C(C)C. The van der Waals surface area contributed by atoms with Crippen molar-refractivity contribution in [3.8, 4) is 0 Å². The molecule has 1 atom stereocenters. The van der Waals surface area contributed by atoms with E-state index in [1.807, 2.05) is 22.9 Å². The Labute approximate surface area is 128 Å². The highest BCUT2D eigenvalue weighted by molar-refractivity contribution is 7.10. The second-order valence-corrected chi connectivity index (χ2v) is 6.16. The summed E-state index contributed by atoms with van der Waals surface area (Å²) < 4.78 is 6.74. The van der Waals surface area contributed by atoms with Gasteiger partial charge in [-0.05, 0) is 17.4 Å². The highest BCUT2D eigenvalue weighted by Gasteiger charge is 2.28. The summed E-state index contributed by atoms with van der Waals surface area (Å²) in [6.45, 7) is 6.29. The van der Waals surface area contributed by atoms with E-state index in [4.69, 9.17) is 10.5 Å². The average Bonchev–Trinajstić information content (AvgIpc) is 3.08. The third-order valence-electron chi connectivity index (χ3n) is 3.46. The van der Waals surface area contributed by atoms with E-state index in [9.17, 15) is 4.79 Å². The number of aryl methyl sites for hydroxylation is 1. The van der Waals surface area contributed by atoms with E-state index in [0.717, 1.165) is 5.82 Å². The van der Waals surface area contributed by atoms with Crippen molar-refractivity contribution in [2.45, 2.75) is 33.2 Å². The van der Waals surface area contributed by atoms with E-state index in [2.05, 4.69) is 24.9 Å². The molecule has 0 aliphatic heterocycles. The molecule has 21 heavy (non-hydrogen) atoms. The summed E-state index contributed by atoms with van der Waals surface area (Å²) in [6, 6.07) is 4.19. The minimum absolute atomic E-state index is 0.0749. The summed E-state index contributed by atoms with van der Waals surface area (Å²) >= 11 is 1.69. The Kier molecular flexibility index (Phi) is 4.67. The lowest BCUT2D eigenvalue weighted by atomic mass is 10.0. The maximum Gasteiger partial charge on any atom is 0.360 e. The van der Waals surface area contributed by atoms with Crippen LogP contribution in [0, 0.1) is 5.92 Å². The topological polar surface area (TPSA) is 70.1 Å². The van der Waals surface area contributed by atoms with Crippen LogP contribution in [0.4, 0.5) is 5.82 Å². The fraction of sp³-hybridized carbons (Fsp3) is 0.467. The Morgan fingerprint density at radius 1 is 1.52 bits per heavy atom. The number of nitrogens with two attached hydrogens (primary N) is 1. The molecule has 0 saturated carbocycles. The molecule has 5 nitrogen and oxygen atoms in total. The highest BCUT2D eigenvalue weighted by atomic mass is 32.1. The first-order valence-corrected chi connectivity index (χ1v) is 7.87. The summed E-state index contributed by atoms with van der Waals surface area (Å²) in [5.74, 6) is 1.02. The lowest BCUT2D eigenvalue weighted by Gasteiger charge is -2.24. The molecule has 0 spiro atoms. The van der Waals surface area contributed by atoms with E-state index in [-0.39, 0.29) is 11.7 Å². The van der Waals surface area contributed by atoms with Gasteiger partial charge in [0.15, 0.2) is 5.69 Å². The standard InChI is InChI=1S/C15H21N3O2S/c1-5-11-17-12(15(19)20-4)14(16)18(11)13(9(2)3)10-7-6-8-21-10/h6-9,13H,5,16H2,1-4H3. The van der Waals surface area contributed by atoms with Gasteiger partial charge in [-0.3, -0.25) is 0 Å². The van der Waals surface area contributed by atoms with Crippen molar-refractivity contribution >= 4 is 23.1 Å². The van der Waals surface area contributed by atoms with Gasteiger partial charge in [-0.25, -0.2) is 9.78 Å². The van der Waals surface area contributed by atoms with Crippen LogP contribution >= 0.6 is 11.3 Å². The molecule has 2 N–H and O–H groups in total. The first-order chi connectivity index (χ1) is 10.0. The van der Waals surface area contributed by atoms with E-state index in [0.29, 0.717) is 18.2 Å². The third-order valence-corrected chi connectivity index (χ3v) is 4.40. The summed E-state index contributed by atoms with van der Waals surface area (Å²) in [4.78, 5) is 17.4. The molecular weight excluding hydrogens is 286 g/mol. The zero-order valence-electron chi connectivity index (χ0n) is 12.8. The van der Waals surface area contributed by atoms with Crippen LogP contribution in [0.25, 0.3) is 0 Å². The maximum atomic E-state index is 11.8. The molecule has 2 rings (SSSR count). The molecular formula is C15H21N3O2S. The Bertz CT molecular complexity index is 617. The van der Waals surface area contributed by atoms with Crippen LogP contribution in [0.3, 0.4) is 0 Å². The number of carbonyl (C=O) groups excluding carboxylic acids is 1. The molecule has 114 valence electrons. The zero-order valence-corrected chi connectivity index (χ0v) is 13.6. The third kappa shape index (κ3) is 2.81. The number of imidazole rings is 1. The largest absolute Gasteiger partial charge is 0.464 e. The number of aromatic nitrogens is 2. The van der Waals surface area contributed by atoms with E-state index >= 15 is 0 Å². The van der Waals surface area contributed by atoms with Gasteiger partial charge in [-0.1, -0.05) is 26.8 Å². The normalized spacial score (nSPS) is 12.6. The number of nitrogens with zero attached hydrogens (tertiary/aromatic N) is 2. The summed E-state index contributed by atoms with van der Waals surface area (Å²) in [6.07, 6.45) is 0.704. The average molecular weight is 307 g/mol. The molecule has 0 fully saturated rings. The fourth-order valence-electron chi connectivity index (χ4n) is 2.51. The van der Waals surface area contributed by atoms with Crippen molar-refractivity contribution < 1.29 is 9.53 Å². The van der Waals surface area contributed by atoms with Gasteiger partial charge in [-0.15, -0.1) is 11.3 Å². The van der Waals surface area contributed by atoms with E-state index in [1.54, 1.807) is 11.3 Å². The van der Waals surface area contributed by atoms with Crippen LogP contribution in [0.5, 0.6) is 0 Å². The number of hydrogen-bond acceptors (Lipinski definition) is 5. The molecule has 2 heterocycles. The summed E-state index contributed by atoms with van der Waals surface area (Å²) in [5.41, 5.74) is 6.41. The maximum absolute atomic E-state index is 11.8. The molecule has 0 aromatic carbocycles. The number of esters is 1. The first-order valence-electron chi connectivity index (χ1n) is 6.99. The van der Waals surface area contributed by atoms with E-state index < -0.39 is 5.97 Å². The molecule has 6 heteroatoms. The number of anilines is 1. The van der Waals surface area contributed by atoms with Crippen LogP contribution in [-0.2, 0) is 11.2 Å². The van der Waals surface area contributed by atoms with Gasteiger partial charge in [0.1, 0.15) is 11.6 Å². The lowest BCUT2D eigenvalue weighted by molar-refractivity contribution is 0.0595. The van der Waals surface area contributed by atoms with Gasteiger partial charge >= 0.3 is 5.97 Å². The van der Waals surface area contributed by atoms with Gasteiger partial charge in [0.05, 0.1) is 13.2 Å². The zero-order chi connectivity index (χ0) is 15.6. The Morgan fingerprint density at radius 2 is 2.24 bits per heavy atom. The smallest absolute Gasteiger partial charge is 0.360 e. The molecule has 0 aliphatic carbocycles. The summed E-state index contributed by atoms with van der Waals surface area (Å²) in [5, 5.41) is 2.05. The van der Waals surface area contributed by atoms with Crippen molar-refractivity contribution in [1.82, 2.24) is 9.55 Å². The Hall–Kier alpha value is -1.82. The highest BCUT2D eigenvalue weighted by Crippen LogP contribution is 2.34. The molecule has 0 aliphatic rings. The molecule has 2 aromatic heterocycles.